The Balaban J connectivity index is 2.67. The second-order valence-electron chi connectivity index (χ2n) is 4.47. The summed E-state index contributed by atoms with van der Waals surface area (Å²) in [6.45, 7) is 8.38. The summed E-state index contributed by atoms with van der Waals surface area (Å²) < 4.78 is 0. The van der Waals surface area contributed by atoms with Gasteiger partial charge in [-0.25, -0.2) is 0 Å². The summed E-state index contributed by atoms with van der Waals surface area (Å²) in [6.07, 6.45) is 4.19. The molecule has 1 unspecified atom stereocenters. The average molecular weight is 155 g/mol. The summed E-state index contributed by atoms with van der Waals surface area (Å²) in [6, 6.07) is 0. The third-order valence-electron chi connectivity index (χ3n) is 3.57. The second-order valence-corrected chi connectivity index (χ2v) is 4.47. The zero-order valence-electron chi connectivity index (χ0n) is 8.35. The van der Waals surface area contributed by atoms with Gasteiger partial charge in [0.15, 0.2) is 0 Å². The van der Waals surface area contributed by atoms with E-state index in [0.717, 1.165) is 5.92 Å². The maximum atomic E-state index is 2.50. The summed E-state index contributed by atoms with van der Waals surface area (Å²) in [4.78, 5) is 2.50. The Kier molecular flexibility index (Phi) is 2.58. The smallest absolute Gasteiger partial charge is 0.0175 e. The Morgan fingerprint density at radius 1 is 1.27 bits per heavy atom. The van der Waals surface area contributed by atoms with Crippen molar-refractivity contribution < 1.29 is 0 Å². The fourth-order valence-corrected chi connectivity index (χ4v) is 1.82. The van der Waals surface area contributed by atoms with E-state index in [1.54, 1.807) is 0 Å². The lowest BCUT2D eigenvalue weighted by Crippen LogP contribution is -2.45. The zero-order valence-corrected chi connectivity index (χ0v) is 8.35. The molecule has 1 rings (SSSR count). The van der Waals surface area contributed by atoms with E-state index in [4.69, 9.17) is 0 Å². The number of likely N-dealkylation sites (tertiary alicyclic amines) is 1. The van der Waals surface area contributed by atoms with Crippen molar-refractivity contribution >= 4 is 0 Å². The molecule has 0 spiro atoms. The highest BCUT2D eigenvalue weighted by Crippen LogP contribution is 2.30. The van der Waals surface area contributed by atoms with Crippen LogP contribution in [0.15, 0.2) is 0 Å². The van der Waals surface area contributed by atoms with E-state index in [0.29, 0.717) is 5.54 Å². The van der Waals surface area contributed by atoms with Gasteiger partial charge in [-0.1, -0.05) is 13.3 Å². The average Bonchev–Trinajstić information content (AvgIpc) is 2.03. The normalized spacial score (nSPS) is 33.3. The molecule has 1 nitrogen and oxygen atoms in total. The summed E-state index contributed by atoms with van der Waals surface area (Å²) in [7, 11) is 2.25. The van der Waals surface area contributed by atoms with Crippen molar-refractivity contribution in [2.75, 3.05) is 13.6 Å². The topological polar surface area (TPSA) is 3.24 Å². The number of nitrogens with zero attached hydrogens (tertiary/aromatic N) is 1. The Morgan fingerprint density at radius 3 is 2.55 bits per heavy atom. The van der Waals surface area contributed by atoms with Crippen LogP contribution in [0.4, 0.5) is 0 Å². The molecule has 0 aromatic rings. The highest BCUT2D eigenvalue weighted by molar-refractivity contribution is 4.86. The van der Waals surface area contributed by atoms with Crippen LogP contribution in [0.1, 0.15) is 40.0 Å². The maximum absolute atomic E-state index is 2.50. The number of hydrogen-bond donors (Lipinski definition) is 0. The number of hydrogen-bond acceptors (Lipinski definition) is 1. The minimum Gasteiger partial charge on any atom is -0.301 e. The van der Waals surface area contributed by atoms with Crippen LogP contribution >= 0.6 is 0 Å². The van der Waals surface area contributed by atoms with E-state index in [1.807, 2.05) is 0 Å². The van der Waals surface area contributed by atoms with Crippen LogP contribution in [0.25, 0.3) is 0 Å². The van der Waals surface area contributed by atoms with Gasteiger partial charge in [-0.05, 0) is 46.2 Å². The van der Waals surface area contributed by atoms with Gasteiger partial charge in [0.25, 0.3) is 0 Å². The molecule has 1 fully saturated rings. The molecular formula is C10H21N. The van der Waals surface area contributed by atoms with Crippen LogP contribution in [0.3, 0.4) is 0 Å². The van der Waals surface area contributed by atoms with Gasteiger partial charge in [-0.3, -0.25) is 0 Å². The molecule has 0 aromatic heterocycles. The first-order chi connectivity index (χ1) is 5.05. The van der Waals surface area contributed by atoms with Crippen LogP contribution in [0.5, 0.6) is 0 Å². The molecule has 0 aromatic carbocycles. The van der Waals surface area contributed by atoms with E-state index in [9.17, 15) is 0 Å². The molecule has 1 atom stereocenters. The summed E-state index contributed by atoms with van der Waals surface area (Å²) in [5.41, 5.74) is 0.413. The minimum atomic E-state index is 0.413. The number of rotatable bonds is 0. The summed E-state index contributed by atoms with van der Waals surface area (Å²) in [5, 5.41) is 0. The predicted octanol–water partition coefficient (Wildman–Crippen LogP) is 2.52. The lowest BCUT2D eigenvalue weighted by Gasteiger charge is -2.38. The molecule has 1 heteroatoms. The highest BCUT2D eigenvalue weighted by atomic mass is 15.2. The van der Waals surface area contributed by atoms with Gasteiger partial charge in [0.2, 0.25) is 0 Å². The summed E-state index contributed by atoms with van der Waals surface area (Å²) in [5.74, 6) is 0.843. The Labute approximate surface area is 70.8 Å². The molecule has 66 valence electrons. The quantitative estimate of drug-likeness (QED) is 0.519. The molecule has 0 amide bonds. The third-order valence-corrected chi connectivity index (χ3v) is 3.57. The van der Waals surface area contributed by atoms with Crippen molar-refractivity contribution in [3.63, 3.8) is 0 Å². The minimum absolute atomic E-state index is 0.413. The Hall–Kier alpha value is -0.0400. The summed E-state index contributed by atoms with van der Waals surface area (Å²) >= 11 is 0. The first-order valence-electron chi connectivity index (χ1n) is 4.76. The SMILES string of the molecule is CC1CCCCN(C)C1(C)C. The molecule has 0 saturated carbocycles. The zero-order chi connectivity index (χ0) is 8.48. The van der Waals surface area contributed by atoms with Crippen molar-refractivity contribution in [2.45, 2.75) is 45.6 Å². The molecule has 11 heavy (non-hydrogen) atoms. The van der Waals surface area contributed by atoms with Gasteiger partial charge < -0.3 is 4.90 Å². The van der Waals surface area contributed by atoms with Crippen molar-refractivity contribution in [3.8, 4) is 0 Å². The Morgan fingerprint density at radius 2 is 1.91 bits per heavy atom. The maximum Gasteiger partial charge on any atom is 0.0175 e. The van der Waals surface area contributed by atoms with E-state index in [2.05, 4.69) is 32.7 Å². The van der Waals surface area contributed by atoms with Gasteiger partial charge in [-0.15, -0.1) is 0 Å². The molecule has 0 N–H and O–H groups in total. The first kappa shape index (κ1) is 9.05. The van der Waals surface area contributed by atoms with Crippen LogP contribution < -0.4 is 0 Å². The lowest BCUT2D eigenvalue weighted by atomic mass is 9.86. The van der Waals surface area contributed by atoms with Gasteiger partial charge in [0, 0.05) is 5.54 Å². The van der Waals surface area contributed by atoms with Gasteiger partial charge >= 0.3 is 0 Å². The molecule has 1 heterocycles. The van der Waals surface area contributed by atoms with E-state index in [1.165, 1.54) is 25.8 Å². The molecule has 0 radical (unpaired) electrons. The Bertz CT molecular complexity index is 115. The monoisotopic (exact) mass is 155 g/mol. The molecule has 1 aliphatic heterocycles. The fourth-order valence-electron chi connectivity index (χ4n) is 1.82. The first-order valence-corrected chi connectivity index (χ1v) is 4.76. The van der Waals surface area contributed by atoms with Crippen molar-refractivity contribution in [1.82, 2.24) is 4.90 Å². The van der Waals surface area contributed by atoms with Gasteiger partial charge in [0.05, 0.1) is 0 Å². The lowest BCUT2D eigenvalue weighted by molar-refractivity contribution is 0.111. The highest BCUT2D eigenvalue weighted by Gasteiger charge is 2.31. The van der Waals surface area contributed by atoms with Crippen molar-refractivity contribution in [2.24, 2.45) is 5.92 Å². The molecule has 0 bridgehead atoms. The molecule has 1 aliphatic rings. The third kappa shape index (κ3) is 1.76. The standard InChI is InChI=1S/C10H21N/c1-9-7-5-6-8-11(4)10(9,2)3/h9H,5-8H2,1-4H3. The van der Waals surface area contributed by atoms with E-state index >= 15 is 0 Å². The predicted molar refractivity (Wildman–Crippen MR) is 49.7 cm³/mol. The largest absolute Gasteiger partial charge is 0.301 e. The van der Waals surface area contributed by atoms with E-state index < -0.39 is 0 Å². The fraction of sp³-hybridized carbons (Fsp3) is 1.00. The van der Waals surface area contributed by atoms with Crippen LogP contribution in [0.2, 0.25) is 0 Å². The van der Waals surface area contributed by atoms with Gasteiger partial charge in [-0.2, -0.15) is 0 Å². The molecule has 1 saturated heterocycles. The van der Waals surface area contributed by atoms with Crippen LogP contribution in [-0.2, 0) is 0 Å². The second kappa shape index (κ2) is 3.14. The van der Waals surface area contributed by atoms with Crippen molar-refractivity contribution in [1.29, 1.82) is 0 Å². The van der Waals surface area contributed by atoms with E-state index in [-0.39, 0.29) is 0 Å². The molecule has 0 aliphatic carbocycles. The van der Waals surface area contributed by atoms with Crippen LogP contribution in [0, 0.1) is 5.92 Å². The van der Waals surface area contributed by atoms with Gasteiger partial charge in [0.1, 0.15) is 0 Å². The molecular weight excluding hydrogens is 134 g/mol. The van der Waals surface area contributed by atoms with Crippen LogP contribution in [-0.4, -0.2) is 24.0 Å². The van der Waals surface area contributed by atoms with Crippen molar-refractivity contribution in [3.05, 3.63) is 0 Å².